The van der Waals surface area contributed by atoms with Gasteiger partial charge in [0.2, 0.25) is 5.91 Å². The van der Waals surface area contributed by atoms with Gasteiger partial charge in [0.25, 0.3) is 5.69 Å². The summed E-state index contributed by atoms with van der Waals surface area (Å²) in [4.78, 5) is 20.6. The summed E-state index contributed by atoms with van der Waals surface area (Å²) in [6.45, 7) is 2.41. The SMILES string of the molecule is Cc1cc([N+](=O)[O-])ccc1NCCCC(N)=O. The molecule has 0 atom stereocenters. The van der Waals surface area contributed by atoms with Crippen LogP contribution in [0, 0.1) is 17.0 Å². The van der Waals surface area contributed by atoms with E-state index in [4.69, 9.17) is 5.73 Å². The number of anilines is 1. The number of nitrogens with zero attached hydrogens (tertiary/aromatic N) is 1. The first kappa shape index (κ1) is 13.0. The molecule has 6 nitrogen and oxygen atoms in total. The van der Waals surface area contributed by atoms with E-state index in [0.717, 1.165) is 11.3 Å². The van der Waals surface area contributed by atoms with Gasteiger partial charge < -0.3 is 11.1 Å². The molecule has 0 aliphatic carbocycles. The summed E-state index contributed by atoms with van der Waals surface area (Å²) in [5.74, 6) is -0.327. The molecule has 0 aliphatic heterocycles. The van der Waals surface area contributed by atoms with Crippen molar-refractivity contribution in [1.82, 2.24) is 0 Å². The van der Waals surface area contributed by atoms with Crippen molar-refractivity contribution in [3.05, 3.63) is 33.9 Å². The lowest BCUT2D eigenvalue weighted by molar-refractivity contribution is -0.384. The summed E-state index contributed by atoms with van der Waals surface area (Å²) in [5, 5.41) is 13.6. The molecule has 17 heavy (non-hydrogen) atoms. The number of carbonyl (C=O) groups is 1. The summed E-state index contributed by atoms with van der Waals surface area (Å²) < 4.78 is 0. The van der Waals surface area contributed by atoms with Crippen LogP contribution in [-0.4, -0.2) is 17.4 Å². The number of amides is 1. The van der Waals surface area contributed by atoms with Gasteiger partial charge in [-0.2, -0.15) is 0 Å². The maximum atomic E-state index is 10.5. The largest absolute Gasteiger partial charge is 0.385 e. The van der Waals surface area contributed by atoms with Crippen molar-refractivity contribution < 1.29 is 9.72 Å². The number of nitro groups is 1. The van der Waals surface area contributed by atoms with E-state index in [1.54, 1.807) is 13.0 Å². The first-order valence-corrected chi connectivity index (χ1v) is 5.28. The third-order valence-electron chi connectivity index (χ3n) is 2.34. The lowest BCUT2D eigenvalue weighted by atomic mass is 10.1. The van der Waals surface area contributed by atoms with E-state index >= 15 is 0 Å². The van der Waals surface area contributed by atoms with E-state index < -0.39 is 4.92 Å². The van der Waals surface area contributed by atoms with Gasteiger partial charge in [0.05, 0.1) is 4.92 Å². The molecule has 0 bridgehead atoms. The Hall–Kier alpha value is -2.11. The summed E-state index contributed by atoms with van der Waals surface area (Å²) in [7, 11) is 0. The van der Waals surface area contributed by atoms with Crippen LogP contribution >= 0.6 is 0 Å². The fourth-order valence-electron chi connectivity index (χ4n) is 1.45. The molecule has 6 heteroatoms. The summed E-state index contributed by atoms with van der Waals surface area (Å²) in [5.41, 5.74) is 6.72. The highest BCUT2D eigenvalue weighted by atomic mass is 16.6. The Morgan fingerprint density at radius 1 is 1.53 bits per heavy atom. The molecule has 0 fully saturated rings. The summed E-state index contributed by atoms with van der Waals surface area (Å²) in [6.07, 6.45) is 0.977. The first-order valence-electron chi connectivity index (χ1n) is 5.28. The highest BCUT2D eigenvalue weighted by Crippen LogP contribution is 2.20. The minimum absolute atomic E-state index is 0.0742. The summed E-state index contributed by atoms with van der Waals surface area (Å²) in [6, 6.07) is 4.62. The second-order valence-electron chi connectivity index (χ2n) is 3.75. The molecule has 0 saturated carbocycles. The smallest absolute Gasteiger partial charge is 0.269 e. The minimum Gasteiger partial charge on any atom is -0.385 e. The molecule has 92 valence electrons. The number of nitro benzene ring substituents is 1. The van der Waals surface area contributed by atoms with Crippen LogP contribution in [0.1, 0.15) is 18.4 Å². The van der Waals surface area contributed by atoms with Crippen LogP contribution in [0.15, 0.2) is 18.2 Å². The molecule has 0 radical (unpaired) electrons. The topological polar surface area (TPSA) is 98.3 Å². The first-order chi connectivity index (χ1) is 8.00. The molecular formula is C11H15N3O3. The highest BCUT2D eigenvalue weighted by molar-refractivity contribution is 5.73. The zero-order valence-electron chi connectivity index (χ0n) is 9.60. The molecule has 1 rings (SSSR count). The average Bonchev–Trinajstić information content (AvgIpc) is 2.25. The number of carbonyl (C=O) groups excluding carboxylic acids is 1. The van der Waals surface area contributed by atoms with E-state index in [9.17, 15) is 14.9 Å². The van der Waals surface area contributed by atoms with E-state index in [1.807, 2.05) is 0 Å². The molecule has 0 aromatic heterocycles. The number of aryl methyl sites for hydroxylation is 1. The Bertz CT molecular complexity index is 432. The molecule has 0 heterocycles. The molecule has 1 aromatic rings. The standard InChI is InChI=1S/C11H15N3O3/c1-8-7-9(14(16)17)4-5-10(8)13-6-2-3-11(12)15/h4-5,7,13H,2-3,6H2,1H3,(H2,12,15). The van der Waals surface area contributed by atoms with E-state index in [-0.39, 0.29) is 11.6 Å². The third kappa shape index (κ3) is 4.10. The predicted molar refractivity (Wildman–Crippen MR) is 64.8 cm³/mol. The lowest BCUT2D eigenvalue weighted by Gasteiger charge is -2.08. The van der Waals surface area contributed by atoms with Crippen LogP contribution in [0.3, 0.4) is 0 Å². The van der Waals surface area contributed by atoms with Gasteiger partial charge in [-0.1, -0.05) is 0 Å². The van der Waals surface area contributed by atoms with Crippen LogP contribution in [0.5, 0.6) is 0 Å². The quantitative estimate of drug-likeness (QED) is 0.445. The molecular weight excluding hydrogens is 222 g/mol. The Morgan fingerprint density at radius 3 is 2.76 bits per heavy atom. The second kappa shape index (κ2) is 5.83. The van der Waals surface area contributed by atoms with Gasteiger partial charge in [-0.15, -0.1) is 0 Å². The van der Waals surface area contributed by atoms with Crippen molar-refractivity contribution in [2.45, 2.75) is 19.8 Å². The molecule has 0 unspecified atom stereocenters. The third-order valence-corrected chi connectivity index (χ3v) is 2.34. The van der Waals surface area contributed by atoms with Crippen molar-refractivity contribution in [3.63, 3.8) is 0 Å². The number of benzene rings is 1. The van der Waals surface area contributed by atoms with Crippen molar-refractivity contribution in [3.8, 4) is 0 Å². The molecule has 1 amide bonds. The number of primary amides is 1. The Labute approximate surface area is 99.0 Å². The zero-order valence-corrected chi connectivity index (χ0v) is 9.60. The molecule has 1 aromatic carbocycles. The Morgan fingerprint density at radius 2 is 2.24 bits per heavy atom. The zero-order chi connectivity index (χ0) is 12.8. The Balaban J connectivity index is 2.54. The number of nitrogens with two attached hydrogens (primary N) is 1. The number of hydrogen-bond donors (Lipinski definition) is 2. The lowest BCUT2D eigenvalue weighted by Crippen LogP contribution is -2.12. The van der Waals surface area contributed by atoms with Gasteiger partial charge in [-0.25, -0.2) is 0 Å². The highest BCUT2D eigenvalue weighted by Gasteiger charge is 2.07. The van der Waals surface area contributed by atoms with Crippen molar-refractivity contribution >= 4 is 17.3 Å². The normalized spacial score (nSPS) is 9.94. The van der Waals surface area contributed by atoms with Gasteiger partial charge in [0.1, 0.15) is 0 Å². The fourth-order valence-corrected chi connectivity index (χ4v) is 1.45. The number of nitrogens with one attached hydrogen (secondary N) is 1. The monoisotopic (exact) mass is 237 g/mol. The number of non-ortho nitro benzene ring substituents is 1. The molecule has 3 N–H and O–H groups in total. The van der Waals surface area contributed by atoms with Gasteiger partial charge in [-0.05, 0) is 25.0 Å². The maximum absolute atomic E-state index is 10.5. The van der Waals surface area contributed by atoms with Crippen LogP contribution in [-0.2, 0) is 4.79 Å². The predicted octanol–water partition coefficient (Wildman–Crippen LogP) is 1.58. The molecule has 0 aliphatic rings. The second-order valence-corrected chi connectivity index (χ2v) is 3.75. The van der Waals surface area contributed by atoms with Crippen LogP contribution in [0.2, 0.25) is 0 Å². The van der Waals surface area contributed by atoms with E-state index in [2.05, 4.69) is 5.32 Å². The number of hydrogen-bond acceptors (Lipinski definition) is 4. The van der Waals surface area contributed by atoms with E-state index in [1.165, 1.54) is 12.1 Å². The van der Waals surface area contributed by atoms with Gasteiger partial charge in [0, 0.05) is 30.8 Å². The van der Waals surface area contributed by atoms with Gasteiger partial charge in [0.15, 0.2) is 0 Å². The Kier molecular flexibility index (Phi) is 4.45. The fraction of sp³-hybridized carbons (Fsp3) is 0.364. The maximum Gasteiger partial charge on any atom is 0.269 e. The van der Waals surface area contributed by atoms with Crippen LogP contribution in [0.25, 0.3) is 0 Å². The molecule has 0 saturated heterocycles. The van der Waals surface area contributed by atoms with Crippen molar-refractivity contribution in [1.29, 1.82) is 0 Å². The van der Waals surface area contributed by atoms with Crippen LogP contribution < -0.4 is 11.1 Å². The van der Waals surface area contributed by atoms with Crippen molar-refractivity contribution in [2.75, 3.05) is 11.9 Å². The van der Waals surface area contributed by atoms with Crippen molar-refractivity contribution in [2.24, 2.45) is 5.73 Å². The summed E-state index contributed by atoms with van der Waals surface area (Å²) >= 11 is 0. The van der Waals surface area contributed by atoms with Gasteiger partial charge in [-0.3, -0.25) is 14.9 Å². The van der Waals surface area contributed by atoms with Gasteiger partial charge >= 0.3 is 0 Å². The molecule has 0 spiro atoms. The minimum atomic E-state index is -0.427. The van der Waals surface area contributed by atoms with E-state index in [0.29, 0.717) is 19.4 Å². The number of rotatable bonds is 6. The average molecular weight is 237 g/mol. The van der Waals surface area contributed by atoms with Crippen LogP contribution in [0.4, 0.5) is 11.4 Å².